The molecule has 1 aliphatic carbocycles. The number of ether oxygens (including phenoxy) is 2. The minimum atomic E-state index is -0.423. The van der Waals surface area contributed by atoms with Gasteiger partial charge in [-0.25, -0.2) is 14.4 Å². The molecule has 11 nitrogen and oxygen atoms in total. The average Bonchev–Trinajstić information content (AvgIpc) is 3.70. The molecule has 0 saturated heterocycles. The summed E-state index contributed by atoms with van der Waals surface area (Å²) in [7, 11) is 1.58. The smallest absolute Gasteiger partial charge is 0.230 e. The summed E-state index contributed by atoms with van der Waals surface area (Å²) in [5.74, 6) is 1.40. The van der Waals surface area contributed by atoms with Gasteiger partial charge in [0.25, 0.3) is 0 Å². The fraction of sp³-hybridized carbons (Fsp3) is 0.357. The molecule has 12 heteroatoms. The molecular weight excluding hydrogens is 517 g/mol. The Labute approximate surface area is 230 Å². The molecule has 40 heavy (non-hydrogen) atoms. The molecule has 210 valence electrons. The molecule has 0 bridgehead atoms. The van der Waals surface area contributed by atoms with Crippen LogP contribution in [-0.4, -0.2) is 75.5 Å². The van der Waals surface area contributed by atoms with E-state index in [1.54, 1.807) is 19.2 Å². The Morgan fingerprint density at radius 2 is 2.05 bits per heavy atom. The van der Waals surface area contributed by atoms with Gasteiger partial charge in [-0.3, -0.25) is 14.8 Å². The van der Waals surface area contributed by atoms with E-state index in [9.17, 15) is 14.3 Å². The molecule has 4 aromatic rings. The lowest BCUT2D eigenvalue weighted by Crippen LogP contribution is -2.31. The van der Waals surface area contributed by atoms with Gasteiger partial charge in [0.05, 0.1) is 32.3 Å². The zero-order valence-corrected chi connectivity index (χ0v) is 22.2. The molecule has 2 heterocycles. The van der Waals surface area contributed by atoms with Crippen molar-refractivity contribution in [2.75, 3.05) is 44.0 Å². The van der Waals surface area contributed by atoms with Crippen molar-refractivity contribution in [1.29, 1.82) is 0 Å². The Morgan fingerprint density at radius 3 is 2.83 bits per heavy atom. The fourth-order valence-electron chi connectivity index (χ4n) is 4.51. The van der Waals surface area contributed by atoms with Crippen molar-refractivity contribution in [3.05, 3.63) is 60.3 Å². The van der Waals surface area contributed by atoms with Gasteiger partial charge < -0.3 is 25.2 Å². The Kier molecular flexibility index (Phi) is 8.67. The van der Waals surface area contributed by atoms with Crippen LogP contribution in [0.25, 0.3) is 10.9 Å². The first-order valence-electron chi connectivity index (χ1n) is 13.2. The largest absolute Gasteiger partial charge is 0.493 e. The number of aliphatic hydroxyl groups excluding tert-OH is 1. The molecule has 0 radical (unpaired) electrons. The van der Waals surface area contributed by atoms with Crippen LogP contribution in [0.4, 0.5) is 21.7 Å². The Hall–Kier alpha value is -4.29. The Bertz CT molecular complexity index is 1460. The molecule has 1 fully saturated rings. The number of hydrogen-bond acceptors (Lipinski definition) is 9. The van der Waals surface area contributed by atoms with Gasteiger partial charge in [-0.15, -0.1) is 0 Å². The number of carbonyl (C=O) groups excluding carboxylic acids is 1. The zero-order chi connectivity index (χ0) is 27.9. The number of nitrogens with zero attached hydrogens (tertiary/aromatic N) is 4. The number of aromatic nitrogens is 4. The zero-order valence-electron chi connectivity index (χ0n) is 22.2. The summed E-state index contributed by atoms with van der Waals surface area (Å²) in [6.07, 6.45) is 4.70. The molecular formula is C28H32FN7O4. The first-order chi connectivity index (χ1) is 19.5. The maximum Gasteiger partial charge on any atom is 0.230 e. The average molecular weight is 550 g/mol. The second-order valence-electron chi connectivity index (χ2n) is 9.57. The van der Waals surface area contributed by atoms with Gasteiger partial charge in [0.15, 0.2) is 17.3 Å². The third-order valence-corrected chi connectivity index (χ3v) is 6.56. The van der Waals surface area contributed by atoms with Crippen LogP contribution in [0.2, 0.25) is 0 Å². The predicted octanol–water partition coefficient (Wildman–Crippen LogP) is 3.65. The minimum absolute atomic E-state index is 0.0304. The van der Waals surface area contributed by atoms with Crippen LogP contribution in [0.5, 0.6) is 11.5 Å². The van der Waals surface area contributed by atoms with Crippen LogP contribution in [0.1, 0.15) is 25.0 Å². The number of hydrogen-bond donors (Lipinski definition) is 4. The molecule has 0 atom stereocenters. The number of benzene rings is 2. The highest BCUT2D eigenvalue weighted by molar-refractivity contribution is 5.93. The third-order valence-electron chi connectivity index (χ3n) is 6.56. The molecule has 5 rings (SSSR count). The summed E-state index contributed by atoms with van der Waals surface area (Å²) < 4.78 is 25.0. The van der Waals surface area contributed by atoms with Crippen LogP contribution in [0, 0.1) is 5.82 Å². The van der Waals surface area contributed by atoms with Gasteiger partial charge in [0, 0.05) is 48.0 Å². The summed E-state index contributed by atoms with van der Waals surface area (Å²) in [5, 5.41) is 22.9. The summed E-state index contributed by atoms with van der Waals surface area (Å²) >= 11 is 0. The lowest BCUT2D eigenvalue weighted by Gasteiger charge is -2.20. The van der Waals surface area contributed by atoms with E-state index in [0.29, 0.717) is 64.6 Å². The van der Waals surface area contributed by atoms with Crippen molar-refractivity contribution < 1.29 is 23.8 Å². The van der Waals surface area contributed by atoms with Crippen LogP contribution < -0.4 is 20.1 Å². The number of methoxy groups -OCH3 is 1. The van der Waals surface area contributed by atoms with Crippen molar-refractivity contribution >= 4 is 34.1 Å². The number of amides is 1. The van der Waals surface area contributed by atoms with E-state index in [4.69, 9.17) is 9.47 Å². The number of H-pyrrole nitrogens is 1. The topological polar surface area (TPSA) is 138 Å². The molecule has 0 aliphatic heterocycles. The van der Waals surface area contributed by atoms with E-state index in [-0.39, 0.29) is 18.9 Å². The maximum atomic E-state index is 13.4. The molecule has 1 amide bonds. The fourth-order valence-corrected chi connectivity index (χ4v) is 4.51. The second kappa shape index (κ2) is 12.7. The maximum absolute atomic E-state index is 13.4. The summed E-state index contributed by atoms with van der Waals surface area (Å²) in [5.41, 5.74) is 1.62. The molecule has 2 aromatic carbocycles. The Morgan fingerprint density at radius 1 is 1.18 bits per heavy atom. The lowest BCUT2D eigenvalue weighted by molar-refractivity contribution is -0.115. The normalized spacial score (nSPS) is 13.0. The summed E-state index contributed by atoms with van der Waals surface area (Å²) in [6, 6.07) is 11.6. The number of fused-ring (bicyclic) bond motifs is 1. The van der Waals surface area contributed by atoms with Crippen molar-refractivity contribution in [3.63, 3.8) is 0 Å². The van der Waals surface area contributed by atoms with Gasteiger partial charge in [-0.1, -0.05) is 6.07 Å². The van der Waals surface area contributed by atoms with Gasteiger partial charge in [0.2, 0.25) is 5.91 Å². The molecule has 0 unspecified atom stereocenters. The number of aromatic amines is 1. The number of carbonyl (C=O) groups is 1. The van der Waals surface area contributed by atoms with E-state index >= 15 is 0 Å². The highest BCUT2D eigenvalue weighted by atomic mass is 19.1. The van der Waals surface area contributed by atoms with Crippen LogP contribution in [0.15, 0.2) is 48.8 Å². The van der Waals surface area contributed by atoms with Crippen LogP contribution >= 0.6 is 0 Å². The van der Waals surface area contributed by atoms with Crippen LogP contribution in [0.3, 0.4) is 0 Å². The van der Waals surface area contributed by atoms with E-state index in [2.05, 4.69) is 35.7 Å². The highest BCUT2D eigenvalue weighted by Crippen LogP contribution is 2.35. The Balaban J connectivity index is 1.22. The molecule has 2 aromatic heterocycles. The number of nitrogens with one attached hydrogen (secondary N) is 3. The highest BCUT2D eigenvalue weighted by Gasteiger charge is 2.28. The second-order valence-corrected chi connectivity index (χ2v) is 9.57. The van der Waals surface area contributed by atoms with Gasteiger partial charge in [-0.2, -0.15) is 5.10 Å². The first kappa shape index (κ1) is 27.3. The molecule has 1 aliphatic rings. The lowest BCUT2D eigenvalue weighted by atomic mass is 10.2. The quantitative estimate of drug-likeness (QED) is 0.174. The molecule has 4 N–H and O–H groups in total. The van der Waals surface area contributed by atoms with Crippen molar-refractivity contribution in [2.24, 2.45) is 0 Å². The predicted molar refractivity (Wildman–Crippen MR) is 148 cm³/mol. The van der Waals surface area contributed by atoms with Crippen LogP contribution in [-0.2, 0) is 11.2 Å². The SMILES string of the molecule is COc1cc2c(Nc3cc(CC(=O)Nc4cccc(F)c4)[nH]n3)ncnc2cc1OCCCN(CCO)C1CC1. The van der Waals surface area contributed by atoms with Crippen molar-refractivity contribution in [3.8, 4) is 11.5 Å². The standard InChI is InChI=1S/C28H32FN7O4/c1-39-24-15-22-23(16-25(24)40-11-3-8-36(9-10-37)21-6-7-21)30-17-31-28(22)33-26-13-20(34-35-26)14-27(38)32-19-5-2-4-18(29)12-19/h2,4-5,12-13,15-17,21,37H,3,6-11,14H2,1H3,(H,32,38)(H2,30,31,33,34,35). The van der Waals surface area contributed by atoms with E-state index < -0.39 is 5.82 Å². The van der Waals surface area contributed by atoms with Gasteiger partial charge >= 0.3 is 0 Å². The van der Waals surface area contributed by atoms with Crippen molar-refractivity contribution in [2.45, 2.75) is 31.7 Å². The van der Waals surface area contributed by atoms with Gasteiger partial charge in [-0.05, 0) is 43.5 Å². The number of aliphatic hydroxyl groups is 1. The number of rotatable bonds is 14. The number of anilines is 3. The summed E-state index contributed by atoms with van der Waals surface area (Å²) in [6.45, 7) is 2.23. The van der Waals surface area contributed by atoms with E-state index in [1.807, 2.05) is 12.1 Å². The number of halogens is 1. The first-order valence-corrected chi connectivity index (χ1v) is 13.2. The van der Waals surface area contributed by atoms with Crippen molar-refractivity contribution in [1.82, 2.24) is 25.1 Å². The minimum Gasteiger partial charge on any atom is -0.493 e. The molecule has 1 saturated carbocycles. The van der Waals surface area contributed by atoms with Gasteiger partial charge in [0.1, 0.15) is 18.0 Å². The van der Waals surface area contributed by atoms with E-state index in [0.717, 1.165) is 13.0 Å². The molecule has 0 spiro atoms. The van der Waals surface area contributed by atoms with E-state index in [1.165, 1.54) is 37.4 Å². The summed E-state index contributed by atoms with van der Waals surface area (Å²) in [4.78, 5) is 23.4. The monoisotopic (exact) mass is 549 g/mol. The third kappa shape index (κ3) is 7.01.